The first-order valence-electron chi connectivity index (χ1n) is 7.34. The molecule has 1 aliphatic heterocycles. The quantitative estimate of drug-likeness (QED) is 0.468. The molecule has 2 aromatic carbocycles. The number of nitrogens with zero attached hydrogens (tertiary/aromatic N) is 4. The molecular formula is C17H15N4S+. The molecule has 0 amide bonds. The lowest BCUT2D eigenvalue weighted by Crippen LogP contribution is -2.16. The Labute approximate surface area is 130 Å². The summed E-state index contributed by atoms with van der Waals surface area (Å²) in [5.41, 5.74) is 4.63. The lowest BCUT2D eigenvalue weighted by Gasteiger charge is -2.03. The average Bonchev–Trinajstić information content (AvgIpc) is 3.03. The number of hydrogen-bond acceptors (Lipinski definition) is 2. The van der Waals surface area contributed by atoms with Crippen molar-refractivity contribution in [2.45, 2.75) is 11.5 Å². The topological polar surface area (TPSA) is 35.6 Å². The Bertz CT molecular complexity index is 932. The van der Waals surface area contributed by atoms with Gasteiger partial charge in [-0.2, -0.15) is 0 Å². The Morgan fingerprint density at radius 1 is 0.773 bits per heavy atom. The third-order valence-corrected chi connectivity index (χ3v) is 5.80. The minimum absolute atomic E-state index is 0.279. The zero-order chi connectivity index (χ0) is 14.7. The molecule has 0 unspecified atom stereocenters. The van der Waals surface area contributed by atoms with Crippen molar-refractivity contribution in [1.29, 1.82) is 0 Å². The van der Waals surface area contributed by atoms with Gasteiger partial charge in [0.05, 0.1) is 17.3 Å². The van der Waals surface area contributed by atoms with Crippen LogP contribution >= 0.6 is 0 Å². The summed E-state index contributed by atoms with van der Waals surface area (Å²) in [7, 11) is 0.279. The Kier molecular flexibility index (Phi) is 2.44. The van der Waals surface area contributed by atoms with Gasteiger partial charge in [0.2, 0.25) is 0 Å². The maximum atomic E-state index is 4.81. The Morgan fingerprint density at radius 3 is 1.73 bits per heavy atom. The third kappa shape index (κ3) is 1.60. The minimum atomic E-state index is 0.279. The summed E-state index contributed by atoms with van der Waals surface area (Å²) >= 11 is 0. The van der Waals surface area contributed by atoms with Crippen LogP contribution in [0.3, 0.4) is 0 Å². The van der Waals surface area contributed by atoms with Gasteiger partial charge in [0.1, 0.15) is 11.4 Å². The normalized spacial score (nSPS) is 15.0. The molecule has 108 valence electrons. The van der Waals surface area contributed by atoms with Crippen LogP contribution in [0.1, 0.15) is 11.4 Å². The second-order valence-corrected chi connectivity index (χ2v) is 7.92. The molecule has 0 saturated carbocycles. The first-order chi connectivity index (χ1) is 10.8. The molecule has 0 aliphatic carbocycles. The fraction of sp³-hybridized carbons (Fsp3) is 0.176. The van der Waals surface area contributed by atoms with E-state index in [2.05, 4.69) is 42.7 Å². The molecule has 5 rings (SSSR count). The first kappa shape index (κ1) is 12.3. The minimum Gasteiger partial charge on any atom is -0.150 e. The predicted molar refractivity (Wildman–Crippen MR) is 91.0 cm³/mol. The second-order valence-electron chi connectivity index (χ2n) is 5.78. The monoisotopic (exact) mass is 307 g/mol. The molecule has 22 heavy (non-hydrogen) atoms. The van der Waals surface area contributed by atoms with E-state index in [-0.39, 0.29) is 10.9 Å². The van der Waals surface area contributed by atoms with Gasteiger partial charge in [-0.05, 0) is 23.0 Å². The highest BCUT2D eigenvalue weighted by Gasteiger charge is 2.29. The smallest absolute Gasteiger partial charge is 0.150 e. The van der Waals surface area contributed by atoms with E-state index < -0.39 is 0 Å². The van der Waals surface area contributed by atoms with Gasteiger partial charge in [-0.1, -0.05) is 36.4 Å². The van der Waals surface area contributed by atoms with Gasteiger partial charge in [0.15, 0.2) is 11.5 Å². The predicted octanol–water partition coefficient (Wildman–Crippen LogP) is 2.96. The number of hydrogen-bond donors (Lipinski definition) is 0. The van der Waals surface area contributed by atoms with Crippen molar-refractivity contribution in [2.24, 2.45) is 0 Å². The fourth-order valence-electron chi connectivity index (χ4n) is 3.25. The highest BCUT2D eigenvalue weighted by Crippen LogP contribution is 2.29. The van der Waals surface area contributed by atoms with Gasteiger partial charge in [-0.25, -0.2) is 0 Å². The zero-order valence-corrected chi connectivity index (χ0v) is 13.0. The number of aromatic nitrogens is 4. The van der Waals surface area contributed by atoms with E-state index in [1.165, 1.54) is 22.2 Å². The van der Waals surface area contributed by atoms with Crippen LogP contribution in [0.25, 0.3) is 21.8 Å². The van der Waals surface area contributed by atoms with Gasteiger partial charge in [-0.15, -0.1) is 19.8 Å². The third-order valence-electron chi connectivity index (χ3n) is 4.26. The molecule has 0 atom stereocenters. The van der Waals surface area contributed by atoms with Crippen LogP contribution in [0.4, 0.5) is 0 Å². The Balaban J connectivity index is 1.91. The van der Waals surface area contributed by atoms with Crippen molar-refractivity contribution in [1.82, 2.24) is 19.8 Å². The Hall–Kier alpha value is -2.27. The summed E-state index contributed by atoms with van der Waals surface area (Å²) in [6, 6.07) is 16.7. The number of fused-ring (bicyclic) bond motifs is 7. The molecule has 2 aromatic heterocycles. The van der Waals surface area contributed by atoms with Crippen LogP contribution in [0.5, 0.6) is 0 Å². The van der Waals surface area contributed by atoms with Crippen molar-refractivity contribution in [3.63, 3.8) is 0 Å². The SMILES string of the molecule is C[S+]1Cc2c3ccccc3nn2-n2nc3ccccc3c2C1. The van der Waals surface area contributed by atoms with E-state index >= 15 is 0 Å². The van der Waals surface area contributed by atoms with Crippen molar-refractivity contribution >= 4 is 32.7 Å². The van der Waals surface area contributed by atoms with Crippen molar-refractivity contribution in [3.8, 4) is 0 Å². The molecule has 0 bridgehead atoms. The van der Waals surface area contributed by atoms with E-state index in [0.717, 1.165) is 22.5 Å². The molecular weight excluding hydrogens is 292 g/mol. The van der Waals surface area contributed by atoms with Crippen LogP contribution in [0, 0.1) is 0 Å². The van der Waals surface area contributed by atoms with E-state index in [9.17, 15) is 0 Å². The summed E-state index contributed by atoms with van der Waals surface area (Å²) in [6.07, 6.45) is 2.34. The summed E-state index contributed by atoms with van der Waals surface area (Å²) in [5, 5.41) is 12.1. The zero-order valence-electron chi connectivity index (χ0n) is 12.2. The summed E-state index contributed by atoms with van der Waals surface area (Å²) in [6.45, 7) is 0. The number of rotatable bonds is 0. The summed E-state index contributed by atoms with van der Waals surface area (Å²) < 4.78 is 0. The van der Waals surface area contributed by atoms with Crippen LogP contribution in [0.2, 0.25) is 0 Å². The lowest BCUT2D eigenvalue weighted by molar-refractivity contribution is 0.492. The van der Waals surface area contributed by atoms with Crippen LogP contribution < -0.4 is 0 Å². The largest absolute Gasteiger partial charge is 0.152 e. The molecule has 0 radical (unpaired) electrons. The molecule has 4 aromatic rings. The molecule has 0 N–H and O–H groups in total. The second kappa shape index (κ2) is 4.36. The molecule has 4 nitrogen and oxygen atoms in total. The molecule has 0 fully saturated rings. The number of benzene rings is 2. The molecule has 1 aliphatic rings. The standard InChI is InChI=1S/C17H15N4S/c1-22-10-16-12-6-2-4-8-14(12)18-20(16)21-17(11-22)13-7-3-5-9-15(13)19-21/h2-9H,10-11H2,1H3/q+1. The van der Waals surface area contributed by atoms with E-state index in [1.807, 2.05) is 21.7 Å². The maximum absolute atomic E-state index is 4.81. The van der Waals surface area contributed by atoms with Crippen LogP contribution in [-0.2, 0) is 22.4 Å². The molecule has 5 heteroatoms. The van der Waals surface area contributed by atoms with Crippen molar-refractivity contribution in [3.05, 3.63) is 59.9 Å². The van der Waals surface area contributed by atoms with E-state index in [1.54, 1.807) is 0 Å². The van der Waals surface area contributed by atoms with Gasteiger partial charge < -0.3 is 0 Å². The summed E-state index contributed by atoms with van der Waals surface area (Å²) in [5.74, 6) is 2.11. The molecule has 3 heterocycles. The lowest BCUT2D eigenvalue weighted by atomic mass is 10.2. The van der Waals surface area contributed by atoms with Gasteiger partial charge >= 0.3 is 0 Å². The molecule has 0 spiro atoms. The fourth-order valence-corrected chi connectivity index (χ4v) is 4.83. The van der Waals surface area contributed by atoms with E-state index in [4.69, 9.17) is 10.2 Å². The highest BCUT2D eigenvalue weighted by atomic mass is 32.2. The van der Waals surface area contributed by atoms with Gasteiger partial charge in [0, 0.05) is 10.8 Å². The summed E-state index contributed by atoms with van der Waals surface area (Å²) in [4.78, 5) is 4.02. The van der Waals surface area contributed by atoms with Crippen LogP contribution in [-0.4, -0.2) is 26.0 Å². The molecule has 0 saturated heterocycles. The van der Waals surface area contributed by atoms with Gasteiger partial charge in [-0.3, -0.25) is 0 Å². The highest BCUT2D eigenvalue weighted by molar-refractivity contribution is 7.94. The van der Waals surface area contributed by atoms with Crippen LogP contribution in [0.15, 0.2) is 48.5 Å². The maximum Gasteiger partial charge on any atom is 0.152 e. The average molecular weight is 307 g/mol. The first-order valence-corrected chi connectivity index (χ1v) is 9.31. The Morgan fingerprint density at radius 2 is 1.23 bits per heavy atom. The van der Waals surface area contributed by atoms with Gasteiger partial charge in [0.25, 0.3) is 0 Å². The van der Waals surface area contributed by atoms with Crippen molar-refractivity contribution in [2.75, 3.05) is 6.26 Å². The van der Waals surface area contributed by atoms with E-state index in [0.29, 0.717) is 0 Å². The van der Waals surface area contributed by atoms with Crippen molar-refractivity contribution < 1.29 is 0 Å².